The quantitative estimate of drug-likeness (QED) is 0.160. The van der Waals surface area contributed by atoms with Crippen molar-refractivity contribution >= 4 is 107 Å². The van der Waals surface area contributed by atoms with Gasteiger partial charge in [0.25, 0.3) is 0 Å². The fraction of sp³-hybridized carbons (Fsp3) is 0. The Morgan fingerprint density at radius 3 is 1.37 bits per heavy atom. The maximum absolute atomic E-state index is 4.59. The zero-order chi connectivity index (χ0) is 26.2. The molecule has 0 atom stereocenters. The van der Waals surface area contributed by atoms with E-state index in [0.717, 1.165) is 22.1 Å². The topological polar surface area (TPSA) is 54.0 Å². The van der Waals surface area contributed by atoms with Crippen molar-refractivity contribution in [3.63, 3.8) is 0 Å². The minimum Gasteiger partial charge on any atom is -0.663 e. The van der Waals surface area contributed by atoms with Gasteiger partial charge in [0.05, 0.1) is 20.4 Å². The minimum atomic E-state index is 0. The molecule has 41 heavy (non-hydrogen) atoms. The molecule has 0 radical (unpaired) electrons. The molecule has 0 amide bonds. The Labute approximate surface area is 254 Å². The molecular weight excluding hydrogens is 594 g/mol. The molecule has 0 unspecified atom stereocenters. The fourth-order valence-electron chi connectivity index (χ4n) is 5.92. The summed E-state index contributed by atoms with van der Waals surface area (Å²) in [6, 6.07) is 29.8. The summed E-state index contributed by atoms with van der Waals surface area (Å²) >= 11 is 3.59. The van der Waals surface area contributed by atoms with Crippen molar-refractivity contribution in [3.8, 4) is 0 Å². The zero-order valence-corrected chi connectivity index (χ0v) is 26.3. The summed E-state index contributed by atoms with van der Waals surface area (Å²) < 4.78 is 5.03. The SMILES string of the molecule is [Zn+2].c1cnc2c(c1)sc1ccc3ccc4cc[n-]c4c3c12.c1cnc2c(c1)sc1ccc3ccc4cc[n-]c4c3c12. The van der Waals surface area contributed by atoms with E-state index in [1.165, 1.54) is 61.9 Å². The van der Waals surface area contributed by atoms with E-state index in [-0.39, 0.29) is 19.5 Å². The number of hydrogen-bond donors (Lipinski definition) is 0. The molecule has 0 spiro atoms. The Hall–Kier alpha value is -4.16. The molecule has 6 aromatic heterocycles. The second-order valence-electron chi connectivity index (χ2n) is 9.87. The largest absolute Gasteiger partial charge is 2.00 e. The summed E-state index contributed by atoms with van der Waals surface area (Å²) in [5.41, 5.74) is 4.35. The number of fused-ring (bicyclic) bond motifs is 14. The molecule has 7 heteroatoms. The number of nitrogens with zero attached hydrogens (tertiary/aromatic N) is 4. The number of pyridine rings is 2. The third kappa shape index (κ3) is 3.66. The third-order valence-corrected chi connectivity index (χ3v) is 9.89. The smallest absolute Gasteiger partial charge is 0.663 e. The molecule has 188 valence electrons. The van der Waals surface area contributed by atoms with Gasteiger partial charge in [-0.3, -0.25) is 9.97 Å². The maximum Gasteiger partial charge on any atom is 2.00 e. The molecule has 0 N–H and O–H groups in total. The minimum absolute atomic E-state index is 0. The second kappa shape index (κ2) is 9.45. The van der Waals surface area contributed by atoms with Gasteiger partial charge >= 0.3 is 19.5 Å². The molecule has 0 fully saturated rings. The van der Waals surface area contributed by atoms with Crippen molar-refractivity contribution in [1.29, 1.82) is 0 Å². The predicted molar refractivity (Wildman–Crippen MR) is 171 cm³/mol. The van der Waals surface area contributed by atoms with Crippen LogP contribution in [-0.4, -0.2) is 9.97 Å². The Kier molecular flexibility index (Phi) is 5.68. The van der Waals surface area contributed by atoms with Crippen LogP contribution in [-0.2, 0) is 19.5 Å². The number of hydrogen-bond acceptors (Lipinski definition) is 4. The summed E-state index contributed by atoms with van der Waals surface area (Å²) in [4.78, 5) is 18.3. The van der Waals surface area contributed by atoms with E-state index in [2.05, 4.69) is 92.7 Å². The van der Waals surface area contributed by atoms with Crippen molar-refractivity contribution in [3.05, 3.63) is 110 Å². The van der Waals surface area contributed by atoms with Crippen LogP contribution in [0.2, 0.25) is 0 Å². The molecule has 6 heterocycles. The van der Waals surface area contributed by atoms with E-state index in [9.17, 15) is 0 Å². The van der Waals surface area contributed by atoms with E-state index in [0.29, 0.717) is 0 Å². The van der Waals surface area contributed by atoms with Gasteiger partial charge in [0.1, 0.15) is 0 Å². The van der Waals surface area contributed by atoms with Crippen LogP contribution in [0.3, 0.4) is 0 Å². The predicted octanol–water partition coefficient (Wildman–Crippen LogP) is 9.42. The summed E-state index contributed by atoms with van der Waals surface area (Å²) in [7, 11) is 0. The fourth-order valence-corrected chi connectivity index (χ4v) is 8.07. The van der Waals surface area contributed by atoms with Crippen LogP contribution in [0.25, 0.3) is 84.0 Å². The first-order valence-electron chi connectivity index (χ1n) is 13.0. The molecule has 0 aliphatic heterocycles. The normalized spacial score (nSPS) is 11.7. The van der Waals surface area contributed by atoms with Crippen molar-refractivity contribution in [2.75, 3.05) is 0 Å². The molecule has 4 aromatic carbocycles. The van der Waals surface area contributed by atoms with Crippen LogP contribution in [0.15, 0.2) is 110 Å². The van der Waals surface area contributed by atoms with Gasteiger partial charge in [-0.05, 0) is 68.7 Å². The Morgan fingerprint density at radius 1 is 0.439 bits per heavy atom. The van der Waals surface area contributed by atoms with E-state index in [1.54, 1.807) is 22.7 Å². The van der Waals surface area contributed by atoms with Gasteiger partial charge in [-0.1, -0.05) is 48.5 Å². The van der Waals surface area contributed by atoms with Crippen molar-refractivity contribution in [2.45, 2.75) is 0 Å². The van der Waals surface area contributed by atoms with Gasteiger partial charge < -0.3 is 9.97 Å². The van der Waals surface area contributed by atoms with E-state index >= 15 is 0 Å². The summed E-state index contributed by atoms with van der Waals surface area (Å²) in [6.07, 6.45) is 7.49. The number of thiophene rings is 2. The van der Waals surface area contributed by atoms with Gasteiger partial charge in [0.2, 0.25) is 0 Å². The Morgan fingerprint density at radius 2 is 0.878 bits per heavy atom. The molecule has 0 aliphatic carbocycles. The van der Waals surface area contributed by atoms with E-state index in [4.69, 9.17) is 0 Å². The Balaban J connectivity index is 0.000000122. The first-order valence-corrected chi connectivity index (χ1v) is 14.7. The van der Waals surface area contributed by atoms with Crippen LogP contribution in [0.5, 0.6) is 0 Å². The van der Waals surface area contributed by atoms with Gasteiger partial charge in [0.15, 0.2) is 0 Å². The average Bonchev–Trinajstić information content (AvgIpc) is 3.80. The second-order valence-corrected chi connectivity index (χ2v) is 12.0. The van der Waals surface area contributed by atoms with Gasteiger partial charge in [-0.2, -0.15) is 12.4 Å². The van der Waals surface area contributed by atoms with Crippen LogP contribution in [0, 0.1) is 0 Å². The molecule has 0 bridgehead atoms. The van der Waals surface area contributed by atoms with Crippen molar-refractivity contribution < 1.29 is 19.5 Å². The first-order chi connectivity index (χ1) is 19.8. The average molecular weight is 612 g/mol. The molecule has 0 aliphatic rings. The number of aromatic nitrogens is 4. The van der Waals surface area contributed by atoms with E-state index < -0.39 is 0 Å². The van der Waals surface area contributed by atoms with Crippen LogP contribution in [0.1, 0.15) is 0 Å². The van der Waals surface area contributed by atoms with Gasteiger partial charge in [0, 0.05) is 32.6 Å². The first kappa shape index (κ1) is 24.6. The van der Waals surface area contributed by atoms with Gasteiger partial charge in [-0.15, -0.1) is 33.7 Å². The van der Waals surface area contributed by atoms with Gasteiger partial charge in [-0.25, -0.2) is 0 Å². The van der Waals surface area contributed by atoms with Crippen molar-refractivity contribution in [2.24, 2.45) is 0 Å². The maximum atomic E-state index is 4.59. The van der Waals surface area contributed by atoms with Crippen LogP contribution in [0.4, 0.5) is 0 Å². The summed E-state index contributed by atoms with van der Waals surface area (Å²) in [5.74, 6) is 0. The van der Waals surface area contributed by atoms with E-state index in [1.807, 2.05) is 36.9 Å². The van der Waals surface area contributed by atoms with Crippen molar-refractivity contribution in [1.82, 2.24) is 19.9 Å². The number of benzene rings is 4. The summed E-state index contributed by atoms with van der Waals surface area (Å²) in [6.45, 7) is 0. The molecule has 4 nitrogen and oxygen atoms in total. The molecule has 0 saturated heterocycles. The standard InChI is InChI=1S/2C17H9N2S.Zn/c2*1-2-13-17(18-8-1)15-12(20-13)6-5-10-3-4-11-7-9-19-16(11)14(10)15;/h2*1-9H;/q2*-1;+2. The molecule has 0 saturated carbocycles. The Bertz CT molecular complexity index is 2390. The third-order valence-electron chi connectivity index (χ3n) is 7.67. The van der Waals surface area contributed by atoms with Crippen LogP contribution < -0.4 is 9.97 Å². The molecule has 10 aromatic rings. The molecular formula is C34H18N4S2Zn. The molecule has 10 rings (SSSR count). The zero-order valence-electron chi connectivity index (χ0n) is 21.7. The monoisotopic (exact) mass is 610 g/mol. The summed E-state index contributed by atoms with van der Waals surface area (Å²) in [5, 5.41) is 9.80. The number of rotatable bonds is 0. The van der Waals surface area contributed by atoms with Crippen LogP contribution >= 0.6 is 22.7 Å².